The predicted molar refractivity (Wildman–Crippen MR) is 223 cm³/mol. The highest BCUT2D eigenvalue weighted by atomic mass is 35.5. The summed E-state index contributed by atoms with van der Waals surface area (Å²) >= 11 is 6.53. The Hall–Kier alpha value is -4.36. The van der Waals surface area contributed by atoms with E-state index in [1.165, 1.54) is 12.3 Å². The zero-order valence-electron chi connectivity index (χ0n) is 33.2. The second-order valence-corrected chi connectivity index (χ2v) is 19.0. The molecule has 0 unspecified atom stereocenters. The van der Waals surface area contributed by atoms with Crippen molar-refractivity contribution < 1.29 is 23.6 Å². The largest absolute Gasteiger partial charge is 0.494 e. The number of amides is 2. The average molecular weight is 796 g/mol. The second kappa shape index (κ2) is 18.1. The number of para-hydroxylation sites is 1. The molecule has 2 aromatic carbocycles. The molecule has 0 aliphatic carbocycles. The van der Waals surface area contributed by atoms with E-state index in [0.717, 1.165) is 44.7 Å². The van der Waals surface area contributed by atoms with E-state index in [2.05, 4.69) is 35.7 Å². The van der Waals surface area contributed by atoms with E-state index < -0.39 is 12.7 Å². The Labute approximate surface area is 330 Å². The summed E-state index contributed by atoms with van der Waals surface area (Å²) in [5.74, 6) is 0.855. The molecule has 16 heteroatoms. The van der Waals surface area contributed by atoms with Crippen LogP contribution in [0.4, 0.5) is 39.3 Å². The standard InChI is InChI=1S/C39H55ClN9O5P/c1-39(2,3)54-38(51)49-22-20-47(21-23-49)27-15-18-48(19-16-27)32-25-33(53-6)31(24-30(32)42-35(50)14-11-17-46(4)5)44-37-41-26-28(40)36(45-37)43-29-12-9-10-13-34(29)55(7,8)52/h9-14,24-27H,15-23H2,1-8H3,(H,42,50)(H2,41,43,44,45)/b14-11+. The second-order valence-electron chi connectivity index (χ2n) is 15.5. The van der Waals surface area contributed by atoms with Gasteiger partial charge in [0.15, 0.2) is 5.82 Å². The van der Waals surface area contributed by atoms with Crippen molar-refractivity contribution >= 4 is 70.6 Å². The lowest BCUT2D eigenvalue weighted by molar-refractivity contribution is -0.111. The lowest BCUT2D eigenvalue weighted by Crippen LogP contribution is -2.55. The third-order valence-corrected chi connectivity index (χ3v) is 11.2. The molecule has 2 fully saturated rings. The number of nitrogens with one attached hydrogen (secondary N) is 3. The van der Waals surface area contributed by atoms with Gasteiger partial charge in [0.05, 0.1) is 36.1 Å². The molecule has 3 heterocycles. The van der Waals surface area contributed by atoms with Crippen LogP contribution in [0.1, 0.15) is 33.6 Å². The molecule has 2 aliphatic rings. The van der Waals surface area contributed by atoms with Crippen LogP contribution in [0.15, 0.2) is 54.7 Å². The molecule has 2 amide bonds. The molecule has 5 rings (SSSR count). The number of carbonyl (C=O) groups excluding carboxylic acids is 2. The van der Waals surface area contributed by atoms with Crippen LogP contribution in [0.5, 0.6) is 5.75 Å². The monoisotopic (exact) mass is 795 g/mol. The van der Waals surface area contributed by atoms with Crippen LogP contribution in [0.25, 0.3) is 0 Å². The van der Waals surface area contributed by atoms with Crippen molar-refractivity contribution in [1.82, 2.24) is 24.7 Å². The number of piperidine rings is 1. The molecule has 0 atom stereocenters. The Balaban J connectivity index is 1.35. The molecular formula is C39H55ClN9O5P. The zero-order chi connectivity index (χ0) is 39.9. The van der Waals surface area contributed by atoms with E-state index >= 15 is 0 Å². The molecule has 2 saturated heterocycles. The SMILES string of the molecule is COc1cc(N2CCC(N3CCN(C(=O)OC(C)(C)C)CC3)CC2)c(NC(=O)/C=C/CN(C)C)cc1Nc1ncc(Cl)c(Nc2ccccc2P(C)(C)=O)n1. The number of hydrogen-bond donors (Lipinski definition) is 3. The summed E-state index contributed by atoms with van der Waals surface area (Å²) in [6, 6.07) is 11.5. The highest BCUT2D eigenvalue weighted by Crippen LogP contribution is 2.41. The first kappa shape index (κ1) is 41.8. The fraction of sp³-hybridized carbons (Fsp3) is 0.487. The number of nitrogens with zero attached hydrogens (tertiary/aromatic N) is 6. The number of methoxy groups -OCH3 is 1. The third kappa shape index (κ3) is 11.6. The Kier molecular flexibility index (Phi) is 13.7. The minimum Gasteiger partial charge on any atom is -0.494 e. The summed E-state index contributed by atoms with van der Waals surface area (Å²) < 4.78 is 24.5. The topological polar surface area (TPSA) is 144 Å². The number of hydrogen-bond acceptors (Lipinski definition) is 12. The number of halogens is 1. The van der Waals surface area contributed by atoms with Gasteiger partial charge in [-0.05, 0) is 79.2 Å². The molecular weight excluding hydrogens is 741 g/mol. The van der Waals surface area contributed by atoms with Crippen molar-refractivity contribution in [1.29, 1.82) is 0 Å². The van der Waals surface area contributed by atoms with Gasteiger partial charge >= 0.3 is 6.09 Å². The smallest absolute Gasteiger partial charge is 0.410 e. The number of rotatable bonds is 12. The van der Waals surface area contributed by atoms with Crippen LogP contribution in [0, 0.1) is 0 Å². The van der Waals surface area contributed by atoms with Gasteiger partial charge in [0, 0.05) is 69.3 Å². The number of carbonyl (C=O) groups is 2. The van der Waals surface area contributed by atoms with Crippen molar-refractivity contribution in [3.8, 4) is 5.75 Å². The van der Waals surface area contributed by atoms with Crippen LogP contribution in [-0.2, 0) is 14.1 Å². The summed E-state index contributed by atoms with van der Waals surface area (Å²) in [4.78, 5) is 43.4. The molecule has 0 spiro atoms. The number of anilines is 6. The van der Waals surface area contributed by atoms with Gasteiger partial charge in [-0.2, -0.15) is 4.98 Å². The maximum Gasteiger partial charge on any atom is 0.410 e. The molecule has 55 heavy (non-hydrogen) atoms. The molecule has 3 aromatic rings. The molecule has 0 bridgehead atoms. The molecule has 1 aromatic heterocycles. The van der Waals surface area contributed by atoms with Crippen LogP contribution in [-0.4, -0.2) is 129 Å². The van der Waals surface area contributed by atoms with E-state index in [4.69, 9.17) is 21.1 Å². The first-order valence-corrected chi connectivity index (χ1v) is 21.5. The normalized spacial score (nSPS) is 16.0. The highest BCUT2D eigenvalue weighted by Gasteiger charge is 2.32. The van der Waals surface area contributed by atoms with Crippen LogP contribution in [0.3, 0.4) is 0 Å². The number of ether oxygens (including phenoxy) is 2. The lowest BCUT2D eigenvalue weighted by Gasteiger charge is -2.43. The van der Waals surface area contributed by atoms with Crippen molar-refractivity contribution in [3.63, 3.8) is 0 Å². The van der Waals surface area contributed by atoms with E-state index in [9.17, 15) is 14.2 Å². The van der Waals surface area contributed by atoms with Crippen molar-refractivity contribution in [2.75, 3.05) is 101 Å². The quantitative estimate of drug-likeness (QED) is 0.137. The van der Waals surface area contributed by atoms with Gasteiger partial charge in [0.1, 0.15) is 23.5 Å². The van der Waals surface area contributed by atoms with E-state index in [1.54, 1.807) is 25.3 Å². The van der Waals surface area contributed by atoms with Gasteiger partial charge < -0.3 is 44.7 Å². The Bertz CT molecular complexity index is 1900. The molecule has 3 N–H and O–H groups in total. The Morgan fingerprint density at radius 2 is 1.69 bits per heavy atom. The van der Waals surface area contributed by atoms with Crippen LogP contribution in [0.2, 0.25) is 5.02 Å². The summed E-state index contributed by atoms with van der Waals surface area (Å²) in [7, 11) is 2.88. The average Bonchev–Trinajstić information content (AvgIpc) is 3.12. The molecule has 298 valence electrons. The minimum absolute atomic E-state index is 0.238. The van der Waals surface area contributed by atoms with E-state index in [1.807, 2.05) is 82.2 Å². The van der Waals surface area contributed by atoms with Gasteiger partial charge in [0.2, 0.25) is 11.9 Å². The first-order valence-electron chi connectivity index (χ1n) is 18.5. The summed E-state index contributed by atoms with van der Waals surface area (Å²) in [5, 5.41) is 10.6. The fourth-order valence-electron chi connectivity index (χ4n) is 6.62. The van der Waals surface area contributed by atoms with Gasteiger partial charge in [-0.3, -0.25) is 9.69 Å². The summed E-state index contributed by atoms with van der Waals surface area (Å²) in [6.07, 6.45) is 6.43. The molecule has 0 saturated carbocycles. The molecule has 2 aliphatic heterocycles. The number of likely N-dealkylation sites (N-methyl/N-ethyl adjacent to an activating group) is 1. The maximum absolute atomic E-state index is 13.2. The summed E-state index contributed by atoms with van der Waals surface area (Å²) in [6.45, 7) is 14.1. The highest BCUT2D eigenvalue weighted by molar-refractivity contribution is 7.70. The maximum atomic E-state index is 13.2. The van der Waals surface area contributed by atoms with Gasteiger partial charge in [-0.1, -0.05) is 29.8 Å². The fourth-order valence-corrected chi connectivity index (χ4v) is 7.92. The van der Waals surface area contributed by atoms with Gasteiger partial charge in [0.25, 0.3) is 0 Å². The number of piperazine rings is 1. The number of aromatic nitrogens is 2. The summed E-state index contributed by atoms with van der Waals surface area (Å²) in [5.41, 5.74) is 2.11. The predicted octanol–water partition coefficient (Wildman–Crippen LogP) is 6.45. The van der Waals surface area contributed by atoms with Gasteiger partial charge in [-0.25, -0.2) is 9.78 Å². The van der Waals surface area contributed by atoms with Crippen LogP contribution < -0.4 is 30.9 Å². The minimum atomic E-state index is -2.60. The van der Waals surface area contributed by atoms with E-state index in [0.29, 0.717) is 59.6 Å². The van der Waals surface area contributed by atoms with E-state index in [-0.39, 0.29) is 23.0 Å². The number of benzene rings is 2. The zero-order valence-corrected chi connectivity index (χ0v) is 34.8. The van der Waals surface area contributed by atoms with Gasteiger partial charge in [-0.15, -0.1) is 0 Å². The van der Waals surface area contributed by atoms with Crippen LogP contribution >= 0.6 is 18.7 Å². The van der Waals surface area contributed by atoms with Crippen molar-refractivity contribution in [3.05, 3.63) is 59.8 Å². The first-order chi connectivity index (χ1) is 26.0. The molecule has 0 radical (unpaired) electrons. The Morgan fingerprint density at radius 3 is 2.33 bits per heavy atom. The Morgan fingerprint density at radius 1 is 1.00 bits per heavy atom. The molecule has 14 nitrogen and oxygen atoms in total. The van der Waals surface area contributed by atoms with Crippen molar-refractivity contribution in [2.45, 2.75) is 45.3 Å². The lowest BCUT2D eigenvalue weighted by atomic mass is 10.0. The van der Waals surface area contributed by atoms with Crippen molar-refractivity contribution in [2.24, 2.45) is 0 Å². The third-order valence-electron chi connectivity index (χ3n) is 9.33.